The fourth-order valence-electron chi connectivity index (χ4n) is 1.72. The number of pyridine rings is 1. The Bertz CT molecular complexity index is 511. The van der Waals surface area contributed by atoms with Crippen molar-refractivity contribution >= 4 is 5.69 Å². The van der Waals surface area contributed by atoms with E-state index in [2.05, 4.69) is 17.1 Å². The number of hydrogen-bond donors (Lipinski definition) is 1. The maximum absolute atomic E-state index is 5.73. The molecule has 0 radical (unpaired) electrons. The van der Waals surface area contributed by atoms with E-state index in [4.69, 9.17) is 10.5 Å². The van der Waals surface area contributed by atoms with Crippen molar-refractivity contribution in [1.29, 1.82) is 0 Å². The van der Waals surface area contributed by atoms with Crippen molar-refractivity contribution in [2.45, 2.75) is 13.0 Å². The highest BCUT2D eigenvalue weighted by atomic mass is 16.5. The molecule has 1 heterocycles. The fraction of sp³-hybridized carbons (Fsp3) is 0.214. The van der Waals surface area contributed by atoms with E-state index in [0.717, 1.165) is 16.7 Å². The zero-order chi connectivity index (χ0) is 12.3. The van der Waals surface area contributed by atoms with Crippen LogP contribution in [0.15, 0.2) is 42.7 Å². The summed E-state index contributed by atoms with van der Waals surface area (Å²) in [5.74, 6) is 0. The van der Waals surface area contributed by atoms with Crippen LogP contribution in [-0.4, -0.2) is 12.1 Å². The number of rotatable bonds is 3. The summed E-state index contributed by atoms with van der Waals surface area (Å²) in [6, 6.07) is 10.1. The van der Waals surface area contributed by atoms with Gasteiger partial charge in [-0.25, -0.2) is 0 Å². The molecule has 2 rings (SSSR count). The van der Waals surface area contributed by atoms with Crippen LogP contribution in [-0.2, 0) is 4.74 Å². The maximum Gasteiger partial charge on any atom is 0.0793 e. The predicted molar refractivity (Wildman–Crippen MR) is 69.5 cm³/mol. The molecule has 0 fully saturated rings. The Hall–Kier alpha value is -1.87. The number of hydrogen-bond acceptors (Lipinski definition) is 3. The Balaban J connectivity index is 2.39. The molecule has 1 atom stereocenters. The van der Waals surface area contributed by atoms with Crippen LogP contribution in [0.25, 0.3) is 11.1 Å². The van der Waals surface area contributed by atoms with E-state index in [0.29, 0.717) is 5.69 Å². The topological polar surface area (TPSA) is 48.1 Å². The number of methoxy groups -OCH3 is 1. The average Bonchev–Trinajstić information content (AvgIpc) is 2.38. The number of benzene rings is 1. The van der Waals surface area contributed by atoms with Gasteiger partial charge in [-0.05, 0) is 30.2 Å². The molecule has 0 unspecified atom stereocenters. The molecule has 0 aliphatic heterocycles. The van der Waals surface area contributed by atoms with Crippen LogP contribution in [0.1, 0.15) is 18.6 Å². The van der Waals surface area contributed by atoms with Gasteiger partial charge in [0.2, 0.25) is 0 Å². The minimum absolute atomic E-state index is 0.0870. The van der Waals surface area contributed by atoms with E-state index in [9.17, 15) is 0 Å². The van der Waals surface area contributed by atoms with Gasteiger partial charge in [0.25, 0.3) is 0 Å². The van der Waals surface area contributed by atoms with E-state index in [1.54, 1.807) is 13.3 Å². The molecule has 0 amide bonds. The second kappa shape index (κ2) is 4.97. The summed E-state index contributed by atoms with van der Waals surface area (Å²) < 4.78 is 5.31. The highest BCUT2D eigenvalue weighted by Gasteiger charge is 2.05. The molecule has 3 nitrogen and oxygen atoms in total. The van der Waals surface area contributed by atoms with Gasteiger partial charge in [-0.2, -0.15) is 0 Å². The van der Waals surface area contributed by atoms with Crippen molar-refractivity contribution < 1.29 is 4.74 Å². The summed E-state index contributed by atoms with van der Waals surface area (Å²) in [4.78, 5) is 4.10. The van der Waals surface area contributed by atoms with Gasteiger partial charge in [0.1, 0.15) is 0 Å². The second-order valence-electron chi connectivity index (χ2n) is 4.01. The van der Waals surface area contributed by atoms with Crippen molar-refractivity contribution in [3.63, 3.8) is 0 Å². The normalized spacial score (nSPS) is 12.4. The molecule has 17 heavy (non-hydrogen) atoms. The zero-order valence-electron chi connectivity index (χ0n) is 10.1. The van der Waals surface area contributed by atoms with Gasteiger partial charge in [0.15, 0.2) is 0 Å². The van der Waals surface area contributed by atoms with Crippen molar-refractivity contribution in [3.8, 4) is 11.1 Å². The first-order valence-electron chi connectivity index (χ1n) is 5.54. The highest BCUT2D eigenvalue weighted by molar-refractivity contribution is 5.66. The van der Waals surface area contributed by atoms with Crippen LogP contribution in [0.2, 0.25) is 0 Å². The molecule has 88 valence electrons. The molecular formula is C14H16N2O. The van der Waals surface area contributed by atoms with Crippen LogP contribution in [0.5, 0.6) is 0 Å². The molecule has 1 aromatic heterocycles. The van der Waals surface area contributed by atoms with Crippen LogP contribution in [0.3, 0.4) is 0 Å². The van der Waals surface area contributed by atoms with Crippen molar-refractivity contribution in [3.05, 3.63) is 48.3 Å². The first kappa shape index (κ1) is 11.6. The molecule has 3 heteroatoms. The second-order valence-corrected chi connectivity index (χ2v) is 4.01. The zero-order valence-corrected chi connectivity index (χ0v) is 10.1. The number of nitrogens with two attached hydrogens (primary N) is 1. The summed E-state index contributed by atoms with van der Waals surface area (Å²) in [6.45, 7) is 2.02. The molecule has 0 bridgehead atoms. The Morgan fingerprint density at radius 2 is 2.00 bits per heavy atom. The van der Waals surface area contributed by atoms with Gasteiger partial charge < -0.3 is 10.5 Å². The lowest BCUT2D eigenvalue weighted by molar-refractivity contribution is 0.119. The quantitative estimate of drug-likeness (QED) is 0.878. The molecule has 2 aromatic rings. The molecule has 0 saturated carbocycles. The molecule has 2 N–H and O–H groups in total. The van der Waals surface area contributed by atoms with Crippen LogP contribution < -0.4 is 5.73 Å². The standard InChI is InChI=1S/C14H16N2O/c1-10(17-2)11-4-3-5-12(6-11)13-7-14(15)9-16-8-13/h3-10H,15H2,1-2H3/t10-/m1/s1. The first-order valence-corrected chi connectivity index (χ1v) is 5.54. The summed E-state index contributed by atoms with van der Waals surface area (Å²) >= 11 is 0. The lowest BCUT2D eigenvalue weighted by Gasteiger charge is -2.11. The van der Waals surface area contributed by atoms with Crippen LogP contribution in [0, 0.1) is 0 Å². The van der Waals surface area contributed by atoms with Gasteiger partial charge in [-0.15, -0.1) is 0 Å². The minimum Gasteiger partial charge on any atom is -0.397 e. The van der Waals surface area contributed by atoms with Gasteiger partial charge in [-0.3, -0.25) is 4.98 Å². The minimum atomic E-state index is 0.0870. The molecule has 0 aliphatic carbocycles. The maximum atomic E-state index is 5.73. The van der Waals surface area contributed by atoms with E-state index >= 15 is 0 Å². The Morgan fingerprint density at radius 3 is 2.71 bits per heavy atom. The molecule has 0 saturated heterocycles. The van der Waals surface area contributed by atoms with E-state index < -0.39 is 0 Å². The Morgan fingerprint density at radius 1 is 1.18 bits per heavy atom. The van der Waals surface area contributed by atoms with Crippen LogP contribution in [0.4, 0.5) is 5.69 Å². The summed E-state index contributed by atoms with van der Waals surface area (Å²) in [5.41, 5.74) is 9.68. The van der Waals surface area contributed by atoms with Gasteiger partial charge in [-0.1, -0.05) is 18.2 Å². The number of ether oxygens (including phenoxy) is 1. The van der Waals surface area contributed by atoms with E-state index in [1.165, 1.54) is 0 Å². The SMILES string of the molecule is CO[C@H](C)c1cccc(-c2cncc(N)c2)c1. The molecule has 0 spiro atoms. The van der Waals surface area contributed by atoms with Gasteiger partial charge in [0.05, 0.1) is 11.8 Å². The summed E-state index contributed by atoms with van der Waals surface area (Å²) in [6.07, 6.45) is 3.54. The lowest BCUT2D eigenvalue weighted by atomic mass is 10.0. The Labute approximate surface area is 101 Å². The highest BCUT2D eigenvalue weighted by Crippen LogP contribution is 2.24. The van der Waals surface area contributed by atoms with Crippen molar-refractivity contribution in [2.75, 3.05) is 12.8 Å². The predicted octanol–water partition coefficient (Wildman–Crippen LogP) is 3.04. The molecule has 0 aliphatic rings. The van der Waals surface area contributed by atoms with E-state index in [1.807, 2.05) is 31.3 Å². The fourth-order valence-corrected chi connectivity index (χ4v) is 1.72. The third-order valence-corrected chi connectivity index (χ3v) is 2.80. The van der Waals surface area contributed by atoms with Crippen molar-refractivity contribution in [1.82, 2.24) is 4.98 Å². The average molecular weight is 228 g/mol. The van der Waals surface area contributed by atoms with Crippen molar-refractivity contribution in [2.24, 2.45) is 0 Å². The first-order chi connectivity index (χ1) is 8.20. The van der Waals surface area contributed by atoms with Crippen LogP contribution >= 0.6 is 0 Å². The van der Waals surface area contributed by atoms with Gasteiger partial charge in [0, 0.05) is 25.1 Å². The molecular weight excluding hydrogens is 212 g/mol. The largest absolute Gasteiger partial charge is 0.397 e. The summed E-state index contributed by atoms with van der Waals surface area (Å²) in [5, 5.41) is 0. The third-order valence-electron chi connectivity index (χ3n) is 2.80. The third kappa shape index (κ3) is 2.63. The summed E-state index contributed by atoms with van der Waals surface area (Å²) in [7, 11) is 1.71. The lowest BCUT2D eigenvalue weighted by Crippen LogP contribution is -1.96. The smallest absolute Gasteiger partial charge is 0.0793 e. The number of nitrogen functional groups attached to an aromatic ring is 1. The monoisotopic (exact) mass is 228 g/mol. The number of aromatic nitrogens is 1. The Kier molecular flexibility index (Phi) is 3.40. The molecule has 1 aromatic carbocycles. The number of nitrogens with zero attached hydrogens (tertiary/aromatic N) is 1. The number of anilines is 1. The van der Waals surface area contributed by atoms with E-state index in [-0.39, 0.29) is 6.10 Å². The van der Waals surface area contributed by atoms with Gasteiger partial charge >= 0.3 is 0 Å².